The van der Waals surface area contributed by atoms with Crippen LogP contribution in [-0.4, -0.2) is 44.0 Å². The summed E-state index contributed by atoms with van der Waals surface area (Å²) in [4.78, 5) is 39.2. The van der Waals surface area contributed by atoms with E-state index in [9.17, 15) is 22.8 Å². The lowest BCUT2D eigenvalue weighted by Crippen LogP contribution is -2.42. The molecular formula is C30H30F3N5O4S. The summed E-state index contributed by atoms with van der Waals surface area (Å²) >= 11 is 1.29. The first-order valence-electron chi connectivity index (χ1n) is 13.7. The third-order valence-electron chi connectivity index (χ3n) is 6.67. The zero-order chi connectivity index (χ0) is 30.9. The number of halogens is 3. The molecule has 0 bridgehead atoms. The number of rotatable bonds is 5. The molecule has 1 aliphatic heterocycles. The Hall–Kier alpha value is -4.26. The zero-order valence-corrected chi connectivity index (χ0v) is 24.8. The molecule has 1 aliphatic rings. The summed E-state index contributed by atoms with van der Waals surface area (Å²) in [6.45, 7) is 6.98. The van der Waals surface area contributed by atoms with Gasteiger partial charge in [0.05, 0.1) is 22.0 Å². The number of carbonyl (C=O) groups excluding carboxylic acids is 2. The van der Waals surface area contributed by atoms with Gasteiger partial charge in [0, 0.05) is 25.1 Å². The lowest BCUT2D eigenvalue weighted by Gasteiger charge is -2.38. The molecule has 1 unspecified atom stereocenters. The smallest absolute Gasteiger partial charge is 0.416 e. The van der Waals surface area contributed by atoms with Gasteiger partial charge in [-0.1, -0.05) is 23.5 Å². The molecule has 3 heterocycles. The van der Waals surface area contributed by atoms with E-state index in [1.807, 2.05) is 6.07 Å². The number of fused-ring (bicyclic) bond motifs is 1. The standard InChI is InChI=1S/C30H30F3N5O4S/c1-17(39)36-27-37-26-23(9-7-10-24(26)43-27)41-25-15-21(34-16-35-25)19-12-11-18(30(31,32)33)14-20(19)22-8-5-6-13-38(22)28(40)42-29(2,3)4/h7,9-12,14-16,22H,5-6,8,13H2,1-4H3,(H,36,37,39). The van der Waals surface area contributed by atoms with Gasteiger partial charge in [0.2, 0.25) is 11.8 Å². The summed E-state index contributed by atoms with van der Waals surface area (Å²) in [6.07, 6.45) is -1.99. The number of likely N-dealkylation sites (tertiary alicyclic amines) is 1. The molecule has 2 amide bonds. The van der Waals surface area contributed by atoms with Gasteiger partial charge in [-0.3, -0.25) is 4.79 Å². The largest absolute Gasteiger partial charge is 0.444 e. The van der Waals surface area contributed by atoms with Crippen molar-refractivity contribution < 1.29 is 32.2 Å². The summed E-state index contributed by atoms with van der Waals surface area (Å²) < 4.78 is 54.1. The molecule has 1 atom stereocenters. The van der Waals surface area contributed by atoms with Gasteiger partial charge in [-0.25, -0.2) is 19.7 Å². The fraction of sp³-hybridized carbons (Fsp3) is 0.367. The Labute approximate surface area is 250 Å². The second-order valence-corrected chi connectivity index (χ2v) is 12.2. The van der Waals surface area contributed by atoms with Crippen molar-refractivity contribution >= 4 is 38.7 Å². The Kier molecular flexibility index (Phi) is 8.28. The highest BCUT2D eigenvalue weighted by Crippen LogP contribution is 2.41. The van der Waals surface area contributed by atoms with Crippen LogP contribution in [0.1, 0.15) is 64.1 Å². The van der Waals surface area contributed by atoms with Crippen molar-refractivity contribution in [2.24, 2.45) is 0 Å². The SMILES string of the molecule is CC(=O)Nc1nc2c(Oc3cc(-c4ccc(C(F)(F)F)cc4C4CCCCN4C(=O)OC(C)(C)C)ncn3)cccc2s1. The number of para-hydroxylation sites is 1. The molecule has 1 saturated heterocycles. The van der Waals surface area contributed by atoms with Crippen LogP contribution in [0.25, 0.3) is 21.5 Å². The number of aromatic nitrogens is 3. The highest BCUT2D eigenvalue weighted by atomic mass is 32.1. The molecule has 13 heteroatoms. The summed E-state index contributed by atoms with van der Waals surface area (Å²) in [5.74, 6) is 0.272. The van der Waals surface area contributed by atoms with Crippen LogP contribution in [0.3, 0.4) is 0 Å². The molecule has 226 valence electrons. The molecule has 1 N–H and O–H groups in total. The number of hydrogen-bond acceptors (Lipinski definition) is 8. The van der Waals surface area contributed by atoms with E-state index in [4.69, 9.17) is 9.47 Å². The number of nitrogens with one attached hydrogen (secondary N) is 1. The number of carbonyl (C=O) groups is 2. The van der Waals surface area contributed by atoms with Crippen molar-refractivity contribution in [2.45, 2.75) is 64.8 Å². The molecule has 0 spiro atoms. The molecule has 1 fully saturated rings. The molecule has 5 rings (SSSR count). The quantitative estimate of drug-likeness (QED) is 0.243. The van der Waals surface area contributed by atoms with Crippen LogP contribution in [0.2, 0.25) is 0 Å². The average Bonchev–Trinajstić information content (AvgIpc) is 3.34. The Morgan fingerprint density at radius 1 is 1.07 bits per heavy atom. The van der Waals surface area contributed by atoms with E-state index < -0.39 is 29.5 Å². The van der Waals surface area contributed by atoms with Crippen LogP contribution in [0.5, 0.6) is 11.6 Å². The molecule has 0 radical (unpaired) electrons. The first-order chi connectivity index (χ1) is 20.3. The maximum Gasteiger partial charge on any atom is 0.416 e. The van der Waals surface area contributed by atoms with Crippen molar-refractivity contribution in [2.75, 3.05) is 11.9 Å². The second-order valence-electron chi connectivity index (χ2n) is 11.1. The molecule has 4 aromatic rings. The van der Waals surface area contributed by atoms with E-state index in [2.05, 4.69) is 20.3 Å². The lowest BCUT2D eigenvalue weighted by atomic mass is 9.89. The molecule has 2 aromatic carbocycles. The number of nitrogens with zero attached hydrogens (tertiary/aromatic N) is 4. The average molecular weight is 614 g/mol. The fourth-order valence-electron chi connectivity index (χ4n) is 4.91. The summed E-state index contributed by atoms with van der Waals surface area (Å²) in [5.41, 5.74) is -0.0176. The number of amides is 2. The zero-order valence-electron chi connectivity index (χ0n) is 24.0. The van der Waals surface area contributed by atoms with Crippen LogP contribution in [-0.2, 0) is 15.7 Å². The van der Waals surface area contributed by atoms with Gasteiger partial charge in [0.15, 0.2) is 10.9 Å². The predicted molar refractivity (Wildman–Crippen MR) is 156 cm³/mol. The third kappa shape index (κ3) is 7.04. The summed E-state index contributed by atoms with van der Waals surface area (Å²) in [7, 11) is 0. The third-order valence-corrected chi connectivity index (χ3v) is 7.60. The normalized spacial score (nSPS) is 15.8. The lowest BCUT2D eigenvalue weighted by molar-refractivity contribution is -0.137. The number of ether oxygens (including phenoxy) is 2. The number of piperidine rings is 1. The first kappa shape index (κ1) is 30.2. The van der Waals surface area contributed by atoms with Gasteiger partial charge in [-0.2, -0.15) is 13.2 Å². The van der Waals surface area contributed by atoms with Crippen molar-refractivity contribution in [3.8, 4) is 22.9 Å². The van der Waals surface area contributed by atoms with Gasteiger partial charge in [0.1, 0.15) is 17.4 Å². The van der Waals surface area contributed by atoms with Gasteiger partial charge < -0.3 is 19.7 Å². The van der Waals surface area contributed by atoms with E-state index in [-0.39, 0.29) is 11.8 Å². The van der Waals surface area contributed by atoms with E-state index in [1.54, 1.807) is 32.9 Å². The van der Waals surface area contributed by atoms with E-state index in [0.29, 0.717) is 52.6 Å². The predicted octanol–water partition coefficient (Wildman–Crippen LogP) is 7.98. The maximum absolute atomic E-state index is 13.9. The minimum Gasteiger partial charge on any atom is -0.444 e. The Bertz CT molecular complexity index is 1670. The van der Waals surface area contributed by atoms with Crippen molar-refractivity contribution in [3.63, 3.8) is 0 Å². The topological polar surface area (TPSA) is 107 Å². The molecular weight excluding hydrogens is 583 g/mol. The van der Waals surface area contributed by atoms with E-state index >= 15 is 0 Å². The Balaban J connectivity index is 1.54. The van der Waals surface area contributed by atoms with Crippen LogP contribution in [0.4, 0.5) is 23.1 Å². The van der Waals surface area contributed by atoms with Gasteiger partial charge >= 0.3 is 12.3 Å². The molecule has 43 heavy (non-hydrogen) atoms. The number of benzene rings is 2. The molecule has 2 aromatic heterocycles. The first-order valence-corrected chi connectivity index (χ1v) is 14.5. The Morgan fingerprint density at radius 2 is 1.86 bits per heavy atom. The molecule has 0 aliphatic carbocycles. The number of anilines is 1. The molecule has 9 nitrogen and oxygen atoms in total. The summed E-state index contributed by atoms with van der Waals surface area (Å²) in [5, 5.41) is 3.08. The highest BCUT2D eigenvalue weighted by molar-refractivity contribution is 7.22. The van der Waals surface area contributed by atoms with Gasteiger partial charge in [-0.15, -0.1) is 0 Å². The molecule has 0 saturated carbocycles. The van der Waals surface area contributed by atoms with Crippen LogP contribution in [0, 0.1) is 0 Å². The van der Waals surface area contributed by atoms with Gasteiger partial charge in [-0.05, 0) is 69.9 Å². The van der Waals surface area contributed by atoms with Crippen LogP contribution >= 0.6 is 11.3 Å². The van der Waals surface area contributed by atoms with Crippen molar-refractivity contribution in [1.82, 2.24) is 19.9 Å². The van der Waals surface area contributed by atoms with Crippen molar-refractivity contribution in [3.05, 3.63) is 59.9 Å². The van der Waals surface area contributed by atoms with E-state index in [1.165, 1.54) is 41.6 Å². The van der Waals surface area contributed by atoms with Crippen molar-refractivity contribution in [1.29, 1.82) is 0 Å². The number of alkyl halides is 3. The fourth-order valence-corrected chi connectivity index (χ4v) is 5.84. The number of thiazole rings is 1. The summed E-state index contributed by atoms with van der Waals surface area (Å²) in [6, 6.07) is 9.65. The minimum atomic E-state index is -4.58. The number of hydrogen-bond donors (Lipinski definition) is 1. The second kappa shape index (κ2) is 11.8. The van der Waals surface area contributed by atoms with Gasteiger partial charge in [0.25, 0.3) is 0 Å². The minimum absolute atomic E-state index is 0.144. The van der Waals surface area contributed by atoms with Crippen LogP contribution < -0.4 is 10.1 Å². The highest BCUT2D eigenvalue weighted by Gasteiger charge is 2.36. The Morgan fingerprint density at radius 3 is 2.58 bits per heavy atom. The monoisotopic (exact) mass is 613 g/mol. The maximum atomic E-state index is 13.9. The van der Waals surface area contributed by atoms with Crippen LogP contribution in [0.15, 0.2) is 48.8 Å². The van der Waals surface area contributed by atoms with E-state index in [0.717, 1.165) is 23.3 Å².